The summed E-state index contributed by atoms with van der Waals surface area (Å²) in [7, 11) is 0. The van der Waals surface area contributed by atoms with Gasteiger partial charge in [0.2, 0.25) is 5.91 Å². The van der Waals surface area contributed by atoms with Crippen LogP contribution in [-0.2, 0) is 6.54 Å². The van der Waals surface area contributed by atoms with Crippen LogP contribution < -0.4 is 5.73 Å². The number of hydrogen-bond acceptors (Lipinski definition) is 3. The molecule has 1 heterocycles. The first-order valence-electron chi connectivity index (χ1n) is 5.45. The van der Waals surface area contributed by atoms with Crippen LogP contribution in [0.2, 0.25) is 0 Å². The lowest BCUT2D eigenvalue weighted by molar-refractivity contribution is 0.0998. The van der Waals surface area contributed by atoms with E-state index in [1.165, 1.54) is 0 Å². The van der Waals surface area contributed by atoms with Gasteiger partial charge in [-0.15, -0.1) is 0 Å². The average Bonchev–Trinajstić information content (AvgIpc) is 2.64. The van der Waals surface area contributed by atoms with E-state index in [4.69, 9.17) is 5.73 Å². The lowest BCUT2D eigenvalue weighted by Crippen LogP contribution is -2.23. The second-order valence-corrected chi connectivity index (χ2v) is 4.20. The number of rotatable bonds is 3. The molecule has 1 amide bonds. The van der Waals surface area contributed by atoms with Gasteiger partial charge in [0, 0.05) is 25.2 Å². The van der Waals surface area contributed by atoms with E-state index < -0.39 is 5.91 Å². The summed E-state index contributed by atoms with van der Waals surface area (Å²) in [5.41, 5.74) is 6.82. The smallest absolute Gasteiger partial charge is 0.249 e. The van der Waals surface area contributed by atoms with Gasteiger partial charge in [-0.1, -0.05) is 18.2 Å². The highest BCUT2D eigenvalue weighted by molar-refractivity contribution is 5.94. The summed E-state index contributed by atoms with van der Waals surface area (Å²) in [4.78, 5) is 13.3. The van der Waals surface area contributed by atoms with Crippen LogP contribution in [0.4, 0.5) is 0 Å². The quantitative estimate of drug-likeness (QED) is 0.772. The number of benzene rings is 1. The van der Waals surface area contributed by atoms with Gasteiger partial charge >= 0.3 is 0 Å². The molecular weight excluding hydrogens is 204 g/mol. The van der Waals surface area contributed by atoms with E-state index in [1.807, 2.05) is 18.2 Å². The number of amides is 1. The summed E-state index contributed by atoms with van der Waals surface area (Å²) in [6, 6.07) is 7.35. The van der Waals surface area contributed by atoms with Gasteiger partial charge in [-0.05, 0) is 18.1 Å². The first-order valence-corrected chi connectivity index (χ1v) is 5.45. The van der Waals surface area contributed by atoms with Crippen LogP contribution in [-0.4, -0.2) is 35.1 Å². The predicted octanol–water partition coefficient (Wildman–Crippen LogP) is 0.352. The molecule has 3 N–H and O–H groups in total. The maximum absolute atomic E-state index is 11.2. The number of carbonyl (C=O) groups excluding carboxylic acids is 1. The normalized spacial score (nSPS) is 21.2. The van der Waals surface area contributed by atoms with Crippen molar-refractivity contribution < 1.29 is 9.90 Å². The van der Waals surface area contributed by atoms with E-state index in [0.717, 1.165) is 18.5 Å². The fraction of sp³-hybridized carbons (Fsp3) is 0.417. The molecule has 1 saturated heterocycles. The zero-order valence-electron chi connectivity index (χ0n) is 9.10. The van der Waals surface area contributed by atoms with Crippen molar-refractivity contribution >= 4 is 5.91 Å². The van der Waals surface area contributed by atoms with Crippen LogP contribution in [0.5, 0.6) is 0 Å². The number of aliphatic hydroxyl groups excluding tert-OH is 1. The Kier molecular flexibility index (Phi) is 3.22. The number of aliphatic hydroxyl groups is 1. The zero-order valence-corrected chi connectivity index (χ0v) is 9.10. The molecule has 1 aromatic carbocycles. The number of likely N-dealkylation sites (tertiary alicyclic amines) is 1. The maximum Gasteiger partial charge on any atom is 0.249 e. The molecule has 0 aliphatic carbocycles. The standard InChI is InChI=1S/C12H16N2O2/c13-12(16)11-4-2-1-3-9(11)7-14-6-5-10(15)8-14/h1-4,10,15H,5-8H2,(H2,13,16)/t10-/m0/s1. The highest BCUT2D eigenvalue weighted by Crippen LogP contribution is 2.16. The number of carbonyl (C=O) groups is 1. The topological polar surface area (TPSA) is 66.6 Å². The van der Waals surface area contributed by atoms with Crippen LogP contribution in [0, 0.1) is 0 Å². The van der Waals surface area contributed by atoms with Gasteiger partial charge in [-0.25, -0.2) is 0 Å². The van der Waals surface area contributed by atoms with Crippen LogP contribution in [0.3, 0.4) is 0 Å². The summed E-state index contributed by atoms with van der Waals surface area (Å²) in [5.74, 6) is -0.393. The molecule has 0 bridgehead atoms. The Hall–Kier alpha value is -1.39. The molecule has 2 rings (SSSR count). The minimum atomic E-state index is -0.393. The molecule has 16 heavy (non-hydrogen) atoms. The van der Waals surface area contributed by atoms with Crippen molar-refractivity contribution in [3.8, 4) is 0 Å². The van der Waals surface area contributed by atoms with Crippen LogP contribution in [0.15, 0.2) is 24.3 Å². The minimum Gasteiger partial charge on any atom is -0.392 e. The molecule has 1 aliphatic rings. The molecule has 0 spiro atoms. The van der Waals surface area contributed by atoms with Crippen molar-refractivity contribution in [2.24, 2.45) is 5.73 Å². The number of β-amino-alcohol motifs (C(OH)–C–C–N with tert-alkyl or cyclic N) is 1. The first kappa shape index (κ1) is 11.1. The fourth-order valence-corrected chi connectivity index (χ4v) is 2.10. The van der Waals surface area contributed by atoms with Gasteiger partial charge in [0.25, 0.3) is 0 Å². The molecule has 0 unspecified atom stereocenters. The Balaban J connectivity index is 2.12. The van der Waals surface area contributed by atoms with Crippen molar-refractivity contribution in [1.29, 1.82) is 0 Å². The number of primary amides is 1. The highest BCUT2D eigenvalue weighted by atomic mass is 16.3. The van der Waals surface area contributed by atoms with Gasteiger partial charge in [0.15, 0.2) is 0 Å². The monoisotopic (exact) mass is 220 g/mol. The van der Waals surface area contributed by atoms with E-state index in [1.54, 1.807) is 6.07 Å². The Morgan fingerprint density at radius 3 is 2.88 bits per heavy atom. The highest BCUT2D eigenvalue weighted by Gasteiger charge is 2.21. The second kappa shape index (κ2) is 4.63. The molecule has 4 nitrogen and oxygen atoms in total. The summed E-state index contributed by atoms with van der Waals surface area (Å²) in [6.45, 7) is 2.22. The van der Waals surface area contributed by atoms with Gasteiger partial charge in [0.1, 0.15) is 0 Å². The summed E-state index contributed by atoms with van der Waals surface area (Å²) in [6.07, 6.45) is 0.569. The van der Waals surface area contributed by atoms with E-state index in [0.29, 0.717) is 18.7 Å². The van der Waals surface area contributed by atoms with Gasteiger partial charge < -0.3 is 10.8 Å². The number of hydrogen-bond donors (Lipinski definition) is 2. The lowest BCUT2D eigenvalue weighted by atomic mass is 10.1. The van der Waals surface area contributed by atoms with Crippen molar-refractivity contribution in [3.63, 3.8) is 0 Å². The SMILES string of the molecule is NC(=O)c1ccccc1CN1CC[C@H](O)C1. The van der Waals surface area contributed by atoms with Gasteiger partial charge in [0.05, 0.1) is 6.10 Å². The third-order valence-corrected chi connectivity index (χ3v) is 2.92. The molecule has 1 atom stereocenters. The van der Waals surface area contributed by atoms with Crippen LogP contribution >= 0.6 is 0 Å². The van der Waals surface area contributed by atoms with E-state index in [-0.39, 0.29) is 6.10 Å². The minimum absolute atomic E-state index is 0.235. The Morgan fingerprint density at radius 1 is 1.50 bits per heavy atom. The Labute approximate surface area is 94.7 Å². The molecule has 1 aromatic rings. The largest absolute Gasteiger partial charge is 0.392 e. The van der Waals surface area contributed by atoms with Gasteiger partial charge in [-0.3, -0.25) is 9.69 Å². The third kappa shape index (κ3) is 2.40. The lowest BCUT2D eigenvalue weighted by Gasteiger charge is -2.16. The molecule has 0 radical (unpaired) electrons. The van der Waals surface area contributed by atoms with Crippen molar-refractivity contribution in [2.75, 3.05) is 13.1 Å². The van der Waals surface area contributed by atoms with E-state index >= 15 is 0 Å². The molecule has 86 valence electrons. The van der Waals surface area contributed by atoms with Crippen LogP contribution in [0.1, 0.15) is 22.3 Å². The third-order valence-electron chi connectivity index (χ3n) is 2.92. The fourth-order valence-electron chi connectivity index (χ4n) is 2.10. The maximum atomic E-state index is 11.2. The number of nitrogens with two attached hydrogens (primary N) is 1. The number of nitrogens with zero attached hydrogens (tertiary/aromatic N) is 1. The van der Waals surface area contributed by atoms with Crippen molar-refractivity contribution in [2.45, 2.75) is 19.1 Å². The molecule has 0 saturated carbocycles. The molecular formula is C12H16N2O2. The van der Waals surface area contributed by atoms with Gasteiger partial charge in [-0.2, -0.15) is 0 Å². The Bertz CT molecular complexity index is 392. The van der Waals surface area contributed by atoms with E-state index in [2.05, 4.69) is 4.90 Å². The van der Waals surface area contributed by atoms with Crippen molar-refractivity contribution in [3.05, 3.63) is 35.4 Å². The van der Waals surface area contributed by atoms with E-state index in [9.17, 15) is 9.90 Å². The Morgan fingerprint density at radius 2 is 2.25 bits per heavy atom. The first-order chi connectivity index (χ1) is 7.66. The average molecular weight is 220 g/mol. The summed E-state index contributed by atoms with van der Waals surface area (Å²) >= 11 is 0. The second-order valence-electron chi connectivity index (χ2n) is 4.20. The molecule has 1 fully saturated rings. The van der Waals surface area contributed by atoms with Crippen molar-refractivity contribution in [1.82, 2.24) is 4.90 Å². The molecule has 4 heteroatoms. The molecule has 0 aromatic heterocycles. The summed E-state index contributed by atoms with van der Waals surface area (Å²) < 4.78 is 0. The summed E-state index contributed by atoms with van der Waals surface area (Å²) in [5, 5.41) is 9.42. The van der Waals surface area contributed by atoms with Crippen LogP contribution in [0.25, 0.3) is 0 Å². The predicted molar refractivity (Wildman–Crippen MR) is 60.9 cm³/mol. The zero-order chi connectivity index (χ0) is 11.5. The molecule has 1 aliphatic heterocycles.